The molecule has 0 saturated heterocycles. The molecular weight excluding hydrogens is 324 g/mol. The second-order valence-corrected chi connectivity index (χ2v) is 6.02. The number of hydrogen-bond acceptors (Lipinski definition) is 3. The summed E-state index contributed by atoms with van der Waals surface area (Å²) in [6, 6.07) is 3.09. The lowest BCUT2D eigenvalue weighted by Gasteiger charge is -2.19. The largest absolute Gasteiger partial charge is 0.506 e. The van der Waals surface area contributed by atoms with E-state index in [4.69, 9.17) is 5.73 Å². The molecule has 1 aliphatic carbocycles. The van der Waals surface area contributed by atoms with Crippen molar-refractivity contribution in [3.8, 4) is 5.75 Å². The average Bonchev–Trinajstić information content (AvgIpc) is 2.81. The molecule has 0 bridgehead atoms. The molecule has 4 N–H and O–H groups in total. The number of amides is 2. The van der Waals surface area contributed by atoms with Gasteiger partial charge in [0, 0.05) is 6.04 Å². The van der Waals surface area contributed by atoms with Crippen molar-refractivity contribution in [2.45, 2.75) is 32.2 Å². The predicted octanol–water partition coefficient (Wildman–Crippen LogP) is 1.85. The molecule has 2 rings (SSSR count). The van der Waals surface area contributed by atoms with Crippen molar-refractivity contribution in [2.75, 3.05) is 0 Å². The molecule has 0 heterocycles. The Morgan fingerprint density at radius 3 is 2.75 bits per heavy atom. The van der Waals surface area contributed by atoms with Crippen molar-refractivity contribution in [3.05, 3.63) is 27.7 Å². The number of aryl methyl sites for hydroxylation is 1. The summed E-state index contributed by atoms with van der Waals surface area (Å²) in [5.74, 6) is -1.19. The quantitative estimate of drug-likeness (QED) is 0.783. The van der Waals surface area contributed by atoms with Gasteiger partial charge in [0.1, 0.15) is 5.75 Å². The van der Waals surface area contributed by atoms with Crippen LogP contribution in [0.15, 0.2) is 16.6 Å². The minimum absolute atomic E-state index is 0.0956. The van der Waals surface area contributed by atoms with Gasteiger partial charge in [-0.05, 0) is 53.4 Å². The maximum Gasteiger partial charge on any atom is 0.255 e. The first-order valence-electron chi connectivity index (χ1n) is 6.49. The summed E-state index contributed by atoms with van der Waals surface area (Å²) in [6.45, 7) is 1.84. The molecule has 2 amide bonds. The number of halogens is 1. The van der Waals surface area contributed by atoms with Crippen molar-refractivity contribution >= 4 is 27.7 Å². The van der Waals surface area contributed by atoms with E-state index < -0.39 is 0 Å². The zero-order valence-corrected chi connectivity index (χ0v) is 12.7. The number of hydrogen-bond donors (Lipinski definition) is 3. The summed E-state index contributed by atoms with van der Waals surface area (Å²) in [7, 11) is 0. The van der Waals surface area contributed by atoms with Crippen molar-refractivity contribution in [1.82, 2.24) is 5.32 Å². The van der Waals surface area contributed by atoms with Gasteiger partial charge < -0.3 is 16.2 Å². The number of carbonyl (C=O) groups excluding carboxylic acids is 2. The molecule has 0 radical (unpaired) electrons. The minimum atomic E-state index is -0.387. The minimum Gasteiger partial charge on any atom is -0.506 e. The van der Waals surface area contributed by atoms with E-state index in [1.54, 1.807) is 12.1 Å². The fraction of sp³-hybridized carbons (Fsp3) is 0.429. The maximum absolute atomic E-state index is 12.3. The van der Waals surface area contributed by atoms with Crippen LogP contribution in [0, 0.1) is 12.8 Å². The number of aromatic hydroxyl groups is 1. The Morgan fingerprint density at radius 2 is 2.10 bits per heavy atom. The molecule has 0 aromatic heterocycles. The molecule has 2 atom stereocenters. The highest BCUT2D eigenvalue weighted by molar-refractivity contribution is 9.10. The third-order valence-electron chi connectivity index (χ3n) is 3.65. The van der Waals surface area contributed by atoms with Gasteiger partial charge in [-0.1, -0.05) is 6.42 Å². The van der Waals surface area contributed by atoms with E-state index in [9.17, 15) is 14.7 Å². The van der Waals surface area contributed by atoms with Gasteiger partial charge in [0.05, 0.1) is 16.0 Å². The molecule has 6 heteroatoms. The van der Waals surface area contributed by atoms with Gasteiger partial charge in [-0.2, -0.15) is 0 Å². The Labute approximate surface area is 125 Å². The third-order valence-corrected chi connectivity index (χ3v) is 4.25. The van der Waals surface area contributed by atoms with Crippen LogP contribution in [0.25, 0.3) is 0 Å². The van der Waals surface area contributed by atoms with E-state index in [2.05, 4.69) is 21.2 Å². The number of nitrogens with two attached hydrogens (primary N) is 1. The number of phenols is 1. The highest BCUT2D eigenvalue weighted by Crippen LogP contribution is 2.30. The van der Waals surface area contributed by atoms with Gasteiger partial charge >= 0.3 is 0 Å². The monoisotopic (exact) mass is 340 g/mol. The molecule has 0 unspecified atom stereocenters. The van der Waals surface area contributed by atoms with Crippen LogP contribution in [0.3, 0.4) is 0 Å². The Morgan fingerprint density at radius 1 is 1.40 bits per heavy atom. The van der Waals surface area contributed by atoms with Crippen LogP contribution in [0.5, 0.6) is 5.75 Å². The third kappa shape index (κ3) is 2.95. The van der Waals surface area contributed by atoms with Crippen molar-refractivity contribution in [1.29, 1.82) is 0 Å². The Hall–Kier alpha value is -1.56. The van der Waals surface area contributed by atoms with Gasteiger partial charge in [0.15, 0.2) is 0 Å². The summed E-state index contributed by atoms with van der Waals surface area (Å²) >= 11 is 3.21. The molecule has 1 aliphatic rings. The van der Waals surface area contributed by atoms with Crippen LogP contribution in [0.1, 0.15) is 35.2 Å². The maximum atomic E-state index is 12.3. The van der Waals surface area contributed by atoms with Gasteiger partial charge in [-0.3, -0.25) is 9.59 Å². The summed E-state index contributed by atoms with van der Waals surface area (Å²) in [5, 5.41) is 12.7. The number of phenolic OH excluding ortho intramolecular Hbond substituents is 1. The first-order valence-corrected chi connectivity index (χ1v) is 7.28. The number of rotatable bonds is 3. The van der Waals surface area contributed by atoms with Crippen LogP contribution >= 0.6 is 15.9 Å². The molecule has 5 nitrogen and oxygen atoms in total. The molecule has 0 spiro atoms. The standard InChI is InChI=1S/C14H17BrN2O3/c1-7-5-9(12(18)10(15)6-7)14(20)17-11-4-2-3-8(11)13(16)19/h5-6,8,11,18H,2-4H2,1H3,(H2,16,19)(H,17,20)/t8-,11-/m0/s1. The lowest BCUT2D eigenvalue weighted by Crippen LogP contribution is -2.42. The van der Waals surface area contributed by atoms with Gasteiger partial charge in [-0.15, -0.1) is 0 Å². The van der Waals surface area contributed by atoms with Crippen LogP contribution in [-0.4, -0.2) is 23.0 Å². The van der Waals surface area contributed by atoms with Crippen molar-refractivity contribution in [2.24, 2.45) is 11.7 Å². The molecular formula is C14H17BrN2O3. The van der Waals surface area contributed by atoms with E-state index in [0.717, 1.165) is 18.4 Å². The lowest BCUT2D eigenvalue weighted by atomic mass is 10.0. The number of primary amides is 1. The highest BCUT2D eigenvalue weighted by atomic mass is 79.9. The van der Waals surface area contributed by atoms with Gasteiger partial charge in [0.25, 0.3) is 5.91 Å². The average molecular weight is 341 g/mol. The van der Waals surface area contributed by atoms with Crippen molar-refractivity contribution < 1.29 is 14.7 Å². The second kappa shape index (κ2) is 5.83. The summed E-state index contributed by atoms with van der Waals surface area (Å²) in [4.78, 5) is 23.6. The Kier molecular flexibility index (Phi) is 4.32. The van der Waals surface area contributed by atoms with Gasteiger partial charge in [0.2, 0.25) is 5.91 Å². The fourth-order valence-corrected chi connectivity index (χ4v) is 3.20. The van der Waals surface area contributed by atoms with Crippen LogP contribution in [-0.2, 0) is 4.79 Å². The lowest BCUT2D eigenvalue weighted by molar-refractivity contribution is -0.122. The smallest absolute Gasteiger partial charge is 0.255 e. The zero-order valence-electron chi connectivity index (χ0n) is 11.1. The van der Waals surface area contributed by atoms with E-state index in [1.165, 1.54) is 0 Å². The van der Waals surface area contributed by atoms with Crippen LogP contribution < -0.4 is 11.1 Å². The topological polar surface area (TPSA) is 92.4 Å². The molecule has 1 fully saturated rings. The summed E-state index contributed by atoms with van der Waals surface area (Å²) < 4.78 is 0.473. The molecule has 20 heavy (non-hydrogen) atoms. The first-order chi connectivity index (χ1) is 9.40. The molecule has 108 valence electrons. The zero-order chi connectivity index (χ0) is 14.9. The number of nitrogens with one attached hydrogen (secondary N) is 1. The fourth-order valence-electron chi connectivity index (χ4n) is 2.63. The molecule has 1 aromatic carbocycles. The first kappa shape index (κ1) is 14.8. The van der Waals surface area contributed by atoms with Crippen molar-refractivity contribution in [3.63, 3.8) is 0 Å². The Bertz CT molecular complexity index is 560. The SMILES string of the molecule is Cc1cc(Br)c(O)c(C(=O)N[C@H]2CCC[C@@H]2C(N)=O)c1. The van der Waals surface area contributed by atoms with E-state index in [-0.39, 0.29) is 35.1 Å². The Balaban J connectivity index is 2.18. The molecule has 1 aromatic rings. The normalized spacial score (nSPS) is 21.7. The highest BCUT2D eigenvalue weighted by Gasteiger charge is 2.33. The van der Waals surface area contributed by atoms with Crippen LogP contribution in [0.4, 0.5) is 0 Å². The van der Waals surface area contributed by atoms with Gasteiger partial charge in [-0.25, -0.2) is 0 Å². The number of benzene rings is 1. The van der Waals surface area contributed by atoms with E-state index in [0.29, 0.717) is 10.9 Å². The second-order valence-electron chi connectivity index (χ2n) is 5.16. The number of carbonyl (C=O) groups is 2. The molecule has 1 saturated carbocycles. The van der Waals surface area contributed by atoms with E-state index >= 15 is 0 Å². The van der Waals surface area contributed by atoms with Crippen LogP contribution in [0.2, 0.25) is 0 Å². The molecule has 0 aliphatic heterocycles. The summed E-state index contributed by atoms with van der Waals surface area (Å²) in [6.07, 6.45) is 2.29. The van der Waals surface area contributed by atoms with E-state index in [1.807, 2.05) is 6.92 Å². The predicted molar refractivity (Wildman–Crippen MR) is 78.3 cm³/mol. The summed E-state index contributed by atoms with van der Waals surface area (Å²) in [5.41, 5.74) is 6.39.